The molecule has 0 radical (unpaired) electrons. The van der Waals surface area contributed by atoms with E-state index in [1.807, 2.05) is 25.1 Å². The van der Waals surface area contributed by atoms with E-state index in [4.69, 9.17) is 16.1 Å². The molecular formula is C24H23ClFN3O3. The van der Waals surface area contributed by atoms with E-state index in [0.717, 1.165) is 5.56 Å². The first kappa shape index (κ1) is 22.0. The summed E-state index contributed by atoms with van der Waals surface area (Å²) in [5.41, 5.74) is 1.93. The molecule has 2 amide bonds. The number of piperidine rings is 1. The summed E-state index contributed by atoms with van der Waals surface area (Å²) in [6, 6.07) is 11.7. The molecule has 1 saturated heterocycles. The number of likely N-dealkylation sites (tertiary alicyclic amines) is 1. The summed E-state index contributed by atoms with van der Waals surface area (Å²) in [4.78, 5) is 27.5. The van der Waals surface area contributed by atoms with E-state index in [0.29, 0.717) is 37.3 Å². The molecule has 2 aromatic carbocycles. The van der Waals surface area contributed by atoms with Crippen LogP contribution in [0.2, 0.25) is 5.02 Å². The number of nitrogens with one attached hydrogen (secondary N) is 1. The van der Waals surface area contributed by atoms with Crippen molar-refractivity contribution >= 4 is 23.4 Å². The number of hydrogen-bond donors (Lipinski definition) is 1. The average molecular weight is 456 g/mol. The maximum atomic E-state index is 14.4. The van der Waals surface area contributed by atoms with Gasteiger partial charge in [-0.3, -0.25) is 9.59 Å². The summed E-state index contributed by atoms with van der Waals surface area (Å²) in [7, 11) is 0. The summed E-state index contributed by atoms with van der Waals surface area (Å²) in [6.45, 7) is 4.42. The topological polar surface area (TPSA) is 75.4 Å². The molecule has 0 unspecified atom stereocenters. The predicted octanol–water partition coefficient (Wildman–Crippen LogP) is 4.79. The fraction of sp³-hybridized carbons (Fsp3) is 0.292. The van der Waals surface area contributed by atoms with Gasteiger partial charge in [0.1, 0.15) is 22.8 Å². The van der Waals surface area contributed by atoms with Crippen molar-refractivity contribution < 1.29 is 18.5 Å². The number of nitrogens with zero attached hydrogens (tertiary/aromatic N) is 2. The number of carbonyl (C=O) groups excluding carboxylic acids is 2. The van der Waals surface area contributed by atoms with E-state index in [-0.39, 0.29) is 39.7 Å². The van der Waals surface area contributed by atoms with Gasteiger partial charge in [-0.15, -0.1) is 0 Å². The molecule has 0 atom stereocenters. The Bertz CT molecular complexity index is 1150. The third-order valence-electron chi connectivity index (χ3n) is 5.78. The predicted molar refractivity (Wildman–Crippen MR) is 119 cm³/mol. The molecule has 8 heteroatoms. The first-order valence-corrected chi connectivity index (χ1v) is 10.8. The number of benzene rings is 2. The Morgan fingerprint density at radius 3 is 2.53 bits per heavy atom. The first-order chi connectivity index (χ1) is 15.4. The molecule has 0 bridgehead atoms. The zero-order chi connectivity index (χ0) is 22.8. The van der Waals surface area contributed by atoms with Crippen LogP contribution in [0.25, 0.3) is 11.3 Å². The molecule has 0 saturated carbocycles. The highest BCUT2D eigenvalue weighted by molar-refractivity contribution is 6.33. The van der Waals surface area contributed by atoms with Crippen LogP contribution in [-0.2, 0) is 0 Å². The van der Waals surface area contributed by atoms with Gasteiger partial charge in [0.05, 0.1) is 10.6 Å². The normalized spacial score (nSPS) is 14.4. The minimum atomic E-state index is -0.572. The van der Waals surface area contributed by atoms with E-state index in [1.165, 1.54) is 12.1 Å². The fourth-order valence-electron chi connectivity index (χ4n) is 3.99. The van der Waals surface area contributed by atoms with Crippen LogP contribution in [0, 0.1) is 19.7 Å². The van der Waals surface area contributed by atoms with E-state index >= 15 is 0 Å². The summed E-state index contributed by atoms with van der Waals surface area (Å²) >= 11 is 6.18. The van der Waals surface area contributed by atoms with Crippen LogP contribution in [0.3, 0.4) is 0 Å². The van der Waals surface area contributed by atoms with Crippen LogP contribution in [0.5, 0.6) is 0 Å². The van der Waals surface area contributed by atoms with Crippen LogP contribution >= 0.6 is 11.6 Å². The summed E-state index contributed by atoms with van der Waals surface area (Å²) in [6.07, 6.45) is 1.23. The maximum absolute atomic E-state index is 14.4. The molecule has 4 rings (SSSR count). The van der Waals surface area contributed by atoms with Crippen molar-refractivity contribution in [3.63, 3.8) is 0 Å². The molecule has 1 aromatic heterocycles. The lowest BCUT2D eigenvalue weighted by Gasteiger charge is -2.32. The third-order valence-corrected chi connectivity index (χ3v) is 6.10. The highest BCUT2D eigenvalue weighted by Gasteiger charge is 2.31. The number of hydrogen-bond acceptors (Lipinski definition) is 4. The minimum absolute atomic E-state index is 0.0322. The van der Waals surface area contributed by atoms with Gasteiger partial charge in [-0.1, -0.05) is 41.0 Å². The highest BCUT2D eigenvalue weighted by atomic mass is 35.5. The van der Waals surface area contributed by atoms with Crippen molar-refractivity contribution in [2.75, 3.05) is 13.1 Å². The van der Waals surface area contributed by atoms with Crippen LogP contribution in [0.15, 0.2) is 47.0 Å². The summed E-state index contributed by atoms with van der Waals surface area (Å²) in [5.74, 6) is -0.669. The molecule has 32 heavy (non-hydrogen) atoms. The zero-order valence-corrected chi connectivity index (χ0v) is 18.6. The quantitative estimate of drug-likeness (QED) is 0.614. The molecule has 6 nitrogen and oxygen atoms in total. The van der Waals surface area contributed by atoms with Crippen LogP contribution in [0.1, 0.15) is 44.9 Å². The lowest BCUT2D eigenvalue weighted by molar-refractivity contribution is 0.0697. The Labute approximate surface area is 190 Å². The van der Waals surface area contributed by atoms with Gasteiger partial charge in [0.2, 0.25) is 0 Å². The third kappa shape index (κ3) is 4.25. The minimum Gasteiger partial charge on any atom is -0.360 e. The van der Waals surface area contributed by atoms with Crippen molar-refractivity contribution in [3.8, 4) is 11.3 Å². The number of halogens is 2. The average Bonchev–Trinajstić information content (AvgIpc) is 3.15. The van der Waals surface area contributed by atoms with Gasteiger partial charge in [0, 0.05) is 24.7 Å². The van der Waals surface area contributed by atoms with E-state index in [1.54, 1.807) is 24.0 Å². The van der Waals surface area contributed by atoms with Gasteiger partial charge in [-0.05, 0) is 50.5 Å². The Morgan fingerprint density at radius 1 is 1.12 bits per heavy atom. The van der Waals surface area contributed by atoms with E-state index < -0.39 is 5.82 Å². The second kappa shape index (κ2) is 9.12. The number of aromatic nitrogens is 1. The smallest absolute Gasteiger partial charge is 0.259 e. The van der Waals surface area contributed by atoms with Crippen molar-refractivity contribution in [2.24, 2.45) is 0 Å². The Hall–Kier alpha value is -3.19. The number of aryl methyl sites for hydroxylation is 2. The van der Waals surface area contributed by atoms with Gasteiger partial charge in [0.15, 0.2) is 0 Å². The largest absolute Gasteiger partial charge is 0.360 e. The Morgan fingerprint density at radius 2 is 1.84 bits per heavy atom. The van der Waals surface area contributed by atoms with Crippen LogP contribution in [-0.4, -0.2) is 41.0 Å². The summed E-state index contributed by atoms with van der Waals surface area (Å²) in [5, 5.41) is 7.13. The molecule has 2 heterocycles. The van der Waals surface area contributed by atoms with E-state index in [2.05, 4.69) is 10.5 Å². The molecule has 1 N–H and O–H groups in total. The Balaban J connectivity index is 1.46. The van der Waals surface area contributed by atoms with Crippen molar-refractivity contribution in [1.29, 1.82) is 0 Å². The van der Waals surface area contributed by atoms with Crippen molar-refractivity contribution in [3.05, 3.63) is 75.8 Å². The SMILES string of the molecule is Cc1ccccc1C(=O)NC1CCN(C(=O)c2c(-c3c(F)cccc3Cl)noc2C)CC1. The Kier molecular flexibility index (Phi) is 6.28. The van der Waals surface area contributed by atoms with Crippen LogP contribution < -0.4 is 5.32 Å². The van der Waals surface area contributed by atoms with Crippen molar-refractivity contribution in [1.82, 2.24) is 15.4 Å². The van der Waals surface area contributed by atoms with Gasteiger partial charge < -0.3 is 14.7 Å². The molecular weight excluding hydrogens is 433 g/mol. The van der Waals surface area contributed by atoms with Crippen molar-refractivity contribution in [2.45, 2.75) is 32.7 Å². The molecule has 1 aliphatic heterocycles. The molecule has 3 aromatic rings. The van der Waals surface area contributed by atoms with Gasteiger partial charge in [0.25, 0.3) is 11.8 Å². The second-order valence-corrected chi connectivity index (χ2v) is 8.32. The standard InChI is InChI=1S/C24H23ClFN3O3/c1-14-6-3-4-7-17(14)23(30)27-16-10-12-29(13-11-16)24(31)20-15(2)32-28-22(20)21-18(25)8-5-9-19(21)26/h3-9,16H,10-13H2,1-2H3,(H,27,30). The second-order valence-electron chi connectivity index (χ2n) is 7.91. The maximum Gasteiger partial charge on any atom is 0.259 e. The molecule has 166 valence electrons. The number of carbonyl (C=O) groups is 2. The lowest BCUT2D eigenvalue weighted by Crippen LogP contribution is -2.46. The van der Waals surface area contributed by atoms with Gasteiger partial charge in [-0.25, -0.2) is 4.39 Å². The number of rotatable bonds is 4. The summed E-state index contributed by atoms with van der Waals surface area (Å²) < 4.78 is 19.7. The highest BCUT2D eigenvalue weighted by Crippen LogP contribution is 2.34. The molecule has 1 fully saturated rings. The van der Waals surface area contributed by atoms with E-state index in [9.17, 15) is 14.0 Å². The molecule has 0 spiro atoms. The van der Waals surface area contributed by atoms with Gasteiger partial charge >= 0.3 is 0 Å². The lowest BCUT2D eigenvalue weighted by atomic mass is 10.0. The van der Waals surface area contributed by atoms with Crippen LogP contribution in [0.4, 0.5) is 4.39 Å². The fourth-order valence-corrected chi connectivity index (χ4v) is 4.25. The first-order valence-electron chi connectivity index (χ1n) is 10.4. The zero-order valence-electron chi connectivity index (χ0n) is 17.8. The number of amides is 2. The van der Waals surface area contributed by atoms with Gasteiger partial charge in [-0.2, -0.15) is 0 Å². The molecule has 0 aliphatic carbocycles. The monoisotopic (exact) mass is 455 g/mol. The molecule has 1 aliphatic rings.